The van der Waals surface area contributed by atoms with Crippen molar-refractivity contribution in [3.8, 4) is 0 Å². The minimum Gasteiger partial charge on any atom is -0.324 e. The van der Waals surface area contributed by atoms with Crippen LogP contribution < -0.4 is 10.6 Å². The van der Waals surface area contributed by atoms with Crippen LogP contribution in [0.15, 0.2) is 24.4 Å². The molecule has 1 saturated heterocycles. The second-order valence-corrected chi connectivity index (χ2v) is 7.98. The molecule has 2 aromatic rings. The first-order chi connectivity index (χ1) is 12.1. The van der Waals surface area contributed by atoms with E-state index in [4.69, 9.17) is 4.98 Å². The smallest absolute Gasteiger partial charge is 0.227 e. The highest BCUT2D eigenvalue weighted by Crippen LogP contribution is 2.38. The number of fused-ring (bicyclic) bond motifs is 3. The van der Waals surface area contributed by atoms with Gasteiger partial charge in [-0.25, -0.2) is 9.97 Å². The summed E-state index contributed by atoms with van der Waals surface area (Å²) in [7, 11) is 0. The summed E-state index contributed by atoms with van der Waals surface area (Å²) in [5, 5.41) is 6.99. The molecule has 1 aromatic heterocycles. The molecule has 1 aromatic carbocycles. The highest BCUT2D eigenvalue weighted by Gasteiger charge is 2.43. The van der Waals surface area contributed by atoms with E-state index in [0.717, 1.165) is 36.8 Å². The normalized spacial score (nSPS) is 27.7. The molecule has 2 N–H and O–H groups in total. The second-order valence-electron chi connectivity index (χ2n) is 7.98. The fourth-order valence-electron chi connectivity index (χ4n) is 4.90. The quantitative estimate of drug-likeness (QED) is 0.903. The van der Waals surface area contributed by atoms with E-state index in [0.29, 0.717) is 5.95 Å². The number of piperidine rings is 1. The van der Waals surface area contributed by atoms with Crippen molar-refractivity contribution in [2.45, 2.75) is 51.9 Å². The fraction of sp³-hybridized carbons (Fsp3) is 0.500. The maximum atomic E-state index is 4.81. The summed E-state index contributed by atoms with van der Waals surface area (Å²) in [5.41, 5.74) is 6.05. The fourth-order valence-corrected chi connectivity index (χ4v) is 4.90. The van der Waals surface area contributed by atoms with Crippen molar-refractivity contribution < 1.29 is 0 Å². The molecule has 25 heavy (non-hydrogen) atoms. The van der Waals surface area contributed by atoms with Crippen LogP contribution >= 0.6 is 0 Å². The van der Waals surface area contributed by atoms with Crippen LogP contribution in [-0.4, -0.2) is 33.5 Å². The third-order valence-corrected chi connectivity index (χ3v) is 5.95. The summed E-state index contributed by atoms with van der Waals surface area (Å²) in [4.78, 5) is 12.0. The van der Waals surface area contributed by atoms with Crippen LogP contribution in [0.25, 0.3) is 0 Å². The molecule has 2 bridgehead atoms. The summed E-state index contributed by atoms with van der Waals surface area (Å²) in [6.07, 6.45) is 4.65. The molecule has 2 fully saturated rings. The van der Waals surface area contributed by atoms with Gasteiger partial charge in [0.15, 0.2) is 0 Å². The average Bonchev–Trinajstić information content (AvgIpc) is 3.28. The maximum Gasteiger partial charge on any atom is 0.227 e. The third kappa shape index (κ3) is 2.81. The minimum atomic E-state index is 0.709. The summed E-state index contributed by atoms with van der Waals surface area (Å²) in [6.45, 7) is 7.39. The number of hydrogen-bond donors (Lipinski definition) is 2. The molecule has 3 atom stereocenters. The van der Waals surface area contributed by atoms with Crippen molar-refractivity contribution in [3.05, 3.63) is 46.8 Å². The molecule has 5 nitrogen and oxygen atoms in total. The zero-order valence-electron chi connectivity index (χ0n) is 14.9. The molecule has 5 heteroatoms. The number of nitrogens with zero attached hydrogens (tertiary/aromatic N) is 3. The van der Waals surface area contributed by atoms with Gasteiger partial charge in [-0.2, -0.15) is 0 Å². The Hall–Kier alpha value is -1.98. The van der Waals surface area contributed by atoms with Gasteiger partial charge in [-0.05, 0) is 62.4 Å². The summed E-state index contributed by atoms with van der Waals surface area (Å²) in [5.74, 6) is 1.53. The molecule has 2 aliphatic heterocycles. The second kappa shape index (κ2) is 5.78. The predicted molar refractivity (Wildman–Crippen MR) is 98.8 cm³/mol. The van der Waals surface area contributed by atoms with Crippen molar-refractivity contribution >= 4 is 11.6 Å². The lowest BCUT2D eigenvalue weighted by molar-refractivity contribution is 0.148. The van der Waals surface area contributed by atoms with Gasteiger partial charge in [0.25, 0.3) is 0 Å². The molecule has 1 saturated carbocycles. The number of benzene rings is 1. The minimum absolute atomic E-state index is 0.709. The predicted octanol–water partition coefficient (Wildman–Crippen LogP) is 2.90. The van der Waals surface area contributed by atoms with E-state index in [-0.39, 0.29) is 0 Å². The monoisotopic (exact) mass is 335 g/mol. The third-order valence-electron chi connectivity index (χ3n) is 5.95. The van der Waals surface area contributed by atoms with Gasteiger partial charge >= 0.3 is 0 Å². The molecule has 5 rings (SSSR count). The van der Waals surface area contributed by atoms with Gasteiger partial charge in [0.1, 0.15) is 0 Å². The first-order valence-electron chi connectivity index (χ1n) is 9.31. The van der Waals surface area contributed by atoms with E-state index in [1.807, 2.05) is 6.20 Å². The van der Waals surface area contributed by atoms with Crippen LogP contribution in [-0.2, 0) is 13.1 Å². The van der Waals surface area contributed by atoms with E-state index < -0.39 is 0 Å². The van der Waals surface area contributed by atoms with Crippen molar-refractivity contribution in [1.82, 2.24) is 20.2 Å². The number of aryl methyl sites for hydroxylation is 2. The van der Waals surface area contributed by atoms with Crippen LogP contribution in [0, 0.1) is 19.8 Å². The Balaban J connectivity index is 1.33. The summed E-state index contributed by atoms with van der Waals surface area (Å²) >= 11 is 0. The van der Waals surface area contributed by atoms with Crippen molar-refractivity contribution in [2.24, 2.45) is 5.92 Å². The Morgan fingerprint density at radius 1 is 1.12 bits per heavy atom. The Labute approximate surface area is 148 Å². The van der Waals surface area contributed by atoms with Gasteiger partial charge < -0.3 is 10.6 Å². The number of rotatable bonds is 3. The first-order valence-corrected chi connectivity index (χ1v) is 9.31. The lowest BCUT2D eigenvalue weighted by Crippen LogP contribution is -2.42. The largest absolute Gasteiger partial charge is 0.324 e. The summed E-state index contributed by atoms with van der Waals surface area (Å²) in [6, 6.07) is 7.91. The van der Waals surface area contributed by atoms with E-state index in [1.54, 1.807) is 0 Å². The van der Waals surface area contributed by atoms with Crippen molar-refractivity contribution in [2.75, 3.05) is 11.9 Å². The topological polar surface area (TPSA) is 53.1 Å². The number of aromatic nitrogens is 2. The zero-order chi connectivity index (χ0) is 17.0. The number of nitrogens with one attached hydrogen (secondary N) is 2. The molecule has 130 valence electrons. The van der Waals surface area contributed by atoms with Gasteiger partial charge in [-0.1, -0.05) is 6.07 Å². The lowest BCUT2D eigenvalue weighted by atomic mass is 10.0. The van der Waals surface area contributed by atoms with Gasteiger partial charge in [-0.15, -0.1) is 0 Å². The highest BCUT2D eigenvalue weighted by atomic mass is 15.2. The van der Waals surface area contributed by atoms with Crippen LogP contribution in [0.1, 0.15) is 35.2 Å². The van der Waals surface area contributed by atoms with Gasteiger partial charge in [-0.3, -0.25) is 4.90 Å². The molecular formula is C20H25N5. The SMILES string of the molecule is Cc1cc(C)cc(Nc2ncc3c(n2)CN(C2CC4CC2CN4)C3)c1. The average molecular weight is 335 g/mol. The number of anilines is 2. The van der Waals surface area contributed by atoms with Crippen LogP contribution in [0.3, 0.4) is 0 Å². The van der Waals surface area contributed by atoms with E-state index in [9.17, 15) is 0 Å². The molecule has 0 spiro atoms. The Bertz CT molecular complexity index is 797. The van der Waals surface area contributed by atoms with Crippen LogP contribution in [0.5, 0.6) is 0 Å². The zero-order valence-corrected chi connectivity index (χ0v) is 14.9. The number of hydrogen-bond acceptors (Lipinski definition) is 5. The van der Waals surface area contributed by atoms with Crippen LogP contribution in [0.2, 0.25) is 0 Å². The molecule has 3 aliphatic rings. The highest BCUT2D eigenvalue weighted by molar-refractivity contribution is 5.56. The first kappa shape index (κ1) is 15.3. The summed E-state index contributed by atoms with van der Waals surface area (Å²) < 4.78 is 0. The maximum absolute atomic E-state index is 4.81. The molecule has 0 radical (unpaired) electrons. The van der Waals surface area contributed by atoms with E-state index in [1.165, 1.54) is 41.8 Å². The van der Waals surface area contributed by atoms with Gasteiger partial charge in [0.05, 0.1) is 5.69 Å². The molecule has 3 unspecified atom stereocenters. The lowest BCUT2D eigenvalue weighted by Gasteiger charge is -2.31. The molecule has 3 heterocycles. The van der Waals surface area contributed by atoms with E-state index >= 15 is 0 Å². The van der Waals surface area contributed by atoms with Crippen molar-refractivity contribution in [3.63, 3.8) is 0 Å². The van der Waals surface area contributed by atoms with E-state index in [2.05, 4.69) is 52.6 Å². The Kier molecular flexibility index (Phi) is 3.54. The molecule has 0 amide bonds. The van der Waals surface area contributed by atoms with Crippen LogP contribution in [0.4, 0.5) is 11.6 Å². The van der Waals surface area contributed by atoms with Gasteiger partial charge in [0.2, 0.25) is 5.95 Å². The molecular weight excluding hydrogens is 310 g/mol. The standard InChI is InChI=1S/C20H25N5/c1-12-3-13(2)5-17(4-12)23-20-22-9-15-10-25(11-18(15)24-20)19-7-16-6-14(19)8-21-16/h3-5,9,14,16,19,21H,6-8,10-11H2,1-2H3,(H,22,23,24). The van der Waals surface area contributed by atoms with Gasteiger partial charge in [0, 0.05) is 42.6 Å². The van der Waals surface area contributed by atoms with Crippen molar-refractivity contribution in [1.29, 1.82) is 0 Å². The Morgan fingerprint density at radius 3 is 2.68 bits per heavy atom. The molecule has 1 aliphatic carbocycles. The Morgan fingerprint density at radius 2 is 1.96 bits per heavy atom.